The van der Waals surface area contributed by atoms with Crippen molar-refractivity contribution in [3.05, 3.63) is 53.6 Å². The number of nitrogens with two attached hydrogens (primary N) is 1. The minimum atomic E-state index is -3.48. The molecule has 0 unspecified atom stereocenters. The second kappa shape index (κ2) is 9.91. The summed E-state index contributed by atoms with van der Waals surface area (Å²) in [5.41, 5.74) is 8.31. The normalized spacial score (nSPS) is 12.8. The van der Waals surface area contributed by atoms with Gasteiger partial charge in [-0.25, -0.2) is 8.42 Å². The van der Waals surface area contributed by atoms with Crippen LogP contribution in [0.3, 0.4) is 0 Å². The fourth-order valence-electron chi connectivity index (χ4n) is 3.12. The van der Waals surface area contributed by atoms with Crippen molar-refractivity contribution in [1.82, 2.24) is 0 Å². The molecule has 1 amide bonds. The standard InChI is InChI=1S/C20H24N2O4S.ClH/c21-11-12-26-18-7-5-17(6-8-18)22-20(23)10-13-27(24,25)19-9-4-15-2-1-3-16(15)14-19;/h4-9,14H,1-3,10-13,21H2,(H,22,23);1H. The van der Waals surface area contributed by atoms with Gasteiger partial charge in [-0.3, -0.25) is 4.79 Å². The Morgan fingerprint density at radius 1 is 1.07 bits per heavy atom. The van der Waals surface area contributed by atoms with Gasteiger partial charge in [-0.1, -0.05) is 6.07 Å². The van der Waals surface area contributed by atoms with Crippen LogP contribution in [-0.4, -0.2) is 33.2 Å². The number of nitrogens with one attached hydrogen (secondary N) is 1. The third-order valence-electron chi connectivity index (χ3n) is 4.55. The molecule has 0 fully saturated rings. The van der Waals surface area contributed by atoms with E-state index in [9.17, 15) is 13.2 Å². The monoisotopic (exact) mass is 424 g/mol. The molecule has 1 aliphatic rings. The van der Waals surface area contributed by atoms with Gasteiger partial charge in [0.1, 0.15) is 12.4 Å². The number of ether oxygens (including phenoxy) is 1. The molecule has 1 aliphatic carbocycles. The number of amides is 1. The summed E-state index contributed by atoms with van der Waals surface area (Å²) >= 11 is 0. The van der Waals surface area contributed by atoms with Crippen LogP contribution in [0.1, 0.15) is 24.0 Å². The quantitative estimate of drug-likeness (QED) is 0.678. The smallest absolute Gasteiger partial charge is 0.225 e. The van der Waals surface area contributed by atoms with Crippen LogP contribution in [0.15, 0.2) is 47.4 Å². The number of anilines is 1. The molecule has 0 aromatic heterocycles. The summed E-state index contributed by atoms with van der Waals surface area (Å²) in [6.45, 7) is 0.851. The van der Waals surface area contributed by atoms with Crippen molar-refractivity contribution in [2.24, 2.45) is 5.73 Å². The number of carbonyl (C=O) groups is 1. The Bertz CT molecular complexity index is 914. The fourth-order valence-corrected chi connectivity index (χ4v) is 4.41. The van der Waals surface area contributed by atoms with E-state index in [1.54, 1.807) is 36.4 Å². The number of halogens is 1. The molecule has 2 aromatic carbocycles. The van der Waals surface area contributed by atoms with Crippen LogP contribution in [0.4, 0.5) is 5.69 Å². The van der Waals surface area contributed by atoms with Gasteiger partial charge >= 0.3 is 0 Å². The molecule has 0 saturated carbocycles. The second-order valence-electron chi connectivity index (χ2n) is 6.56. The summed E-state index contributed by atoms with van der Waals surface area (Å²) in [4.78, 5) is 12.4. The number of hydrogen-bond acceptors (Lipinski definition) is 5. The van der Waals surface area contributed by atoms with E-state index in [0.717, 1.165) is 24.8 Å². The fraction of sp³-hybridized carbons (Fsp3) is 0.350. The van der Waals surface area contributed by atoms with Crippen molar-refractivity contribution < 1.29 is 17.9 Å². The number of aryl methyl sites for hydroxylation is 2. The van der Waals surface area contributed by atoms with Crippen LogP contribution in [0.5, 0.6) is 5.75 Å². The Kier molecular flexibility index (Phi) is 7.86. The number of benzene rings is 2. The van der Waals surface area contributed by atoms with Gasteiger partial charge in [-0.2, -0.15) is 0 Å². The lowest BCUT2D eigenvalue weighted by atomic mass is 10.1. The van der Waals surface area contributed by atoms with E-state index in [-0.39, 0.29) is 30.5 Å². The maximum absolute atomic E-state index is 12.5. The molecule has 0 bridgehead atoms. The first-order valence-corrected chi connectivity index (χ1v) is 10.7. The van der Waals surface area contributed by atoms with Crippen molar-refractivity contribution in [3.8, 4) is 5.75 Å². The van der Waals surface area contributed by atoms with E-state index in [0.29, 0.717) is 29.5 Å². The SMILES string of the molecule is Cl.NCCOc1ccc(NC(=O)CCS(=O)(=O)c2ccc3c(c2)CCC3)cc1. The summed E-state index contributed by atoms with van der Waals surface area (Å²) in [5, 5.41) is 2.71. The van der Waals surface area contributed by atoms with Crippen LogP contribution >= 0.6 is 12.4 Å². The molecular formula is C20H25ClN2O4S. The van der Waals surface area contributed by atoms with Crippen molar-refractivity contribution in [2.75, 3.05) is 24.2 Å². The van der Waals surface area contributed by atoms with E-state index in [1.165, 1.54) is 5.56 Å². The van der Waals surface area contributed by atoms with Crippen molar-refractivity contribution in [1.29, 1.82) is 0 Å². The first-order valence-electron chi connectivity index (χ1n) is 9.05. The predicted octanol–water partition coefficient (Wildman–Crippen LogP) is 2.74. The van der Waals surface area contributed by atoms with E-state index in [2.05, 4.69) is 5.32 Å². The average molecular weight is 425 g/mol. The second-order valence-corrected chi connectivity index (χ2v) is 8.67. The lowest BCUT2D eigenvalue weighted by Crippen LogP contribution is -2.17. The highest BCUT2D eigenvalue weighted by Crippen LogP contribution is 2.25. The Morgan fingerprint density at radius 2 is 1.79 bits per heavy atom. The largest absolute Gasteiger partial charge is 0.492 e. The summed E-state index contributed by atoms with van der Waals surface area (Å²) in [6, 6.07) is 12.2. The minimum Gasteiger partial charge on any atom is -0.492 e. The summed E-state index contributed by atoms with van der Waals surface area (Å²) in [5.74, 6) is 0.114. The van der Waals surface area contributed by atoms with Crippen molar-refractivity contribution >= 4 is 33.8 Å². The predicted molar refractivity (Wildman–Crippen MR) is 112 cm³/mol. The average Bonchev–Trinajstić information content (AvgIpc) is 3.14. The van der Waals surface area contributed by atoms with Gasteiger partial charge in [0.05, 0.1) is 10.6 Å². The summed E-state index contributed by atoms with van der Waals surface area (Å²) < 4.78 is 30.4. The Morgan fingerprint density at radius 3 is 2.50 bits per heavy atom. The van der Waals surface area contributed by atoms with Gasteiger partial charge in [0.25, 0.3) is 0 Å². The minimum absolute atomic E-state index is 0. The lowest BCUT2D eigenvalue weighted by Gasteiger charge is -2.09. The van der Waals surface area contributed by atoms with Gasteiger partial charge in [-0.15, -0.1) is 12.4 Å². The Hall–Kier alpha value is -2.09. The molecule has 0 aliphatic heterocycles. The Labute approximate surface area is 171 Å². The molecule has 6 nitrogen and oxygen atoms in total. The first-order chi connectivity index (χ1) is 13.0. The van der Waals surface area contributed by atoms with Crippen molar-refractivity contribution in [3.63, 3.8) is 0 Å². The van der Waals surface area contributed by atoms with Gasteiger partial charge in [-0.05, 0) is 66.8 Å². The highest BCUT2D eigenvalue weighted by molar-refractivity contribution is 7.91. The summed E-state index contributed by atoms with van der Waals surface area (Å²) in [6.07, 6.45) is 2.90. The van der Waals surface area contributed by atoms with Crippen LogP contribution < -0.4 is 15.8 Å². The molecule has 28 heavy (non-hydrogen) atoms. The van der Waals surface area contributed by atoms with E-state index < -0.39 is 9.84 Å². The first kappa shape index (κ1) is 22.2. The van der Waals surface area contributed by atoms with Gasteiger partial charge < -0.3 is 15.8 Å². The highest BCUT2D eigenvalue weighted by atomic mass is 35.5. The third kappa shape index (κ3) is 5.70. The zero-order valence-corrected chi connectivity index (χ0v) is 17.2. The molecule has 152 valence electrons. The zero-order chi connectivity index (χ0) is 19.3. The van der Waals surface area contributed by atoms with E-state index in [4.69, 9.17) is 10.5 Å². The van der Waals surface area contributed by atoms with Crippen LogP contribution in [0, 0.1) is 0 Å². The molecule has 8 heteroatoms. The topological polar surface area (TPSA) is 98.5 Å². The molecule has 0 atom stereocenters. The molecule has 0 radical (unpaired) electrons. The molecule has 3 N–H and O–H groups in total. The van der Waals surface area contributed by atoms with Crippen LogP contribution in [-0.2, 0) is 27.5 Å². The maximum Gasteiger partial charge on any atom is 0.225 e. The maximum atomic E-state index is 12.5. The number of sulfone groups is 1. The van der Waals surface area contributed by atoms with Crippen LogP contribution in [0.25, 0.3) is 0 Å². The van der Waals surface area contributed by atoms with Gasteiger partial charge in [0.15, 0.2) is 9.84 Å². The third-order valence-corrected chi connectivity index (χ3v) is 6.27. The molecule has 3 rings (SSSR count). The van der Waals surface area contributed by atoms with E-state index >= 15 is 0 Å². The molecule has 0 heterocycles. The molecule has 0 saturated heterocycles. The molecule has 2 aromatic rings. The van der Waals surface area contributed by atoms with E-state index in [1.807, 2.05) is 6.07 Å². The Balaban J connectivity index is 0.00000280. The summed E-state index contributed by atoms with van der Waals surface area (Å²) in [7, 11) is -3.48. The van der Waals surface area contributed by atoms with Crippen LogP contribution in [0.2, 0.25) is 0 Å². The number of rotatable bonds is 8. The molecular weight excluding hydrogens is 400 g/mol. The lowest BCUT2D eigenvalue weighted by molar-refractivity contribution is -0.115. The van der Waals surface area contributed by atoms with Gasteiger partial charge in [0.2, 0.25) is 5.91 Å². The highest BCUT2D eigenvalue weighted by Gasteiger charge is 2.19. The number of fused-ring (bicyclic) bond motifs is 1. The zero-order valence-electron chi connectivity index (χ0n) is 15.5. The van der Waals surface area contributed by atoms with Crippen molar-refractivity contribution in [2.45, 2.75) is 30.6 Å². The number of carbonyl (C=O) groups excluding carboxylic acids is 1. The molecule has 0 spiro atoms. The number of hydrogen-bond donors (Lipinski definition) is 2. The van der Waals surface area contributed by atoms with Gasteiger partial charge in [0, 0.05) is 18.7 Å².